The van der Waals surface area contributed by atoms with E-state index in [1.165, 1.54) is 13.2 Å². The van der Waals surface area contributed by atoms with Crippen LogP contribution < -0.4 is 5.43 Å². The second-order valence-corrected chi connectivity index (χ2v) is 3.34. The van der Waals surface area contributed by atoms with Crippen LogP contribution in [-0.2, 0) is 16.1 Å². The molecular formula is C10H13NO5. The third kappa shape index (κ3) is 3.39. The number of esters is 1. The lowest BCUT2D eigenvalue weighted by Gasteiger charge is -2.13. The van der Waals surface area contributed by atoms with Gasteiger partial charge in [-0.25, -0.2) is 0 Å². The molecule has 0 fully saturated rings. The van der Waals surface area contributed by atoms with Gasteiger partial charge in [-0.05, 0) is 7.05 Å². The zero-order valence-electron chi connectivity index (χ0n) is 9.10. The molecule has 1 N–H and O–H groups in total. The standard InChI is InChI=1S/C10H13NO5/c1-11(5-10(14)15-2)4-7-3-8(12)9(13)6-16-7/h3,6,13H,4-5H2,1-2H3. The van der Waals surface area contributed by atoms with Crippen molar-refractivity contribution in [1.29, 1.82) is 0 Å². The Morgan fingerprint density at radius 3 is 2.88 bits per heavy atom. The van der Waals surface area contributed by atoms with Gasteiger partial charge in [-0.15, -0.1) is 0 Å². The number of rotatable bonds is 4. The molecule has 0 aliphatic carbocycles. The summed E-state index contributed by atoms with van der Waals surface area (Å²) >= 11 is 0. The lowest BCUT2D eigenvalue weighted by molar-refractivity contribution is -0.141. The molecule has 88 valence electrons. The molecule has 0 amide bonds. The van der Waals surface area contributed by atoms with Crippen LogP contribution in [0.25, 0.3) is 0 Å². The minimum absolute atomic E-state index is 0.0983. The Morgan fingerprint density at radius 1 is 1.62 bits per heavy atom. The number of methoxy groups -OCH3 is 1. The van der Waals surface area contributed by atoms with E-state index in [0.29, 0.717) is 5.76 Å². The molecule has 0 aliphatic heterocycles. The van der Waals surface area contributed by atoms with Crippen molar-refractivity contribution in [2.75, 3.05) is 20.7 Å². The van der Waals surface area contributed by atoms with Crippen LogP contribution in [0.1, 0.15) is 5.76 Å². The summed E-state index contributed by atoms with van der Waals surface area (Å²) in [4.78, 5) is 23.6. The number of nitrogens with zero attached hydrogens (tertiary/aromatic N) is 1. The maximum absolute atomic E-state index is 11.1. The molecule has 1 aromatic rings. The molecule has 0 radical (unpaired) electrons. The van der Waals surface area contributed by atoms with Crippen LogP contribution in [0.15, 0.2) is 21.5 Å². The highest BCUT2D eigenvalue weighted by atomic mass is 16.5. The highest BCUT2D eigenvalue weighted by molar-refractivity contribution is 5.71. The summed E-state index contributed by atoms with van der Waals surface area (Å²) in [5, 5.41) is 8.97. The highest BCUT2D eigenvalue weighted by Gasteiger charge is 2.09. The Bertz CT molecular complexity index is 425. The van der Waals surface area contributed by atoms with Gasteiger partial charge in [-0.2, -0.15) is 0 Å². The molecule has 1 heterocycles. The topological polar surface area (TPSA) is 80.0 Å². The van der Waals surface area contributed by atoms with Crippen molar-refractivity contribution >= 4 is 5.97 Å². The second kappa shape index (κ2) is 5.32. The van der Waals surface area contributed by atoms with Crippen molar-refractivity contribution in [2.45, 2.75) is 6.54 Å². The first-order valence-electron chi connectivity index (χ1n) is 4.59. The number of hydrogen-bond acceptors (Lipinski definition) is 6. The molecule has 0 atom stereocenters. The van der Waals surface area contributed by atoms with Crippen LogP contribution >= 0.6 is 0 Å². The molecule has 0 bridgehead atoms. The largest absolute Gasteiger partial charge is 0.502 e. The van der Waals surface area contributed by atoms with Gasteiger partial charge in [0.1, 0.15) is 12.0 Å². The monoisotopic (exact) mass is 227 g/mol. The maximum atomic E-state index is 11.1. The number of aromatic hydroxyl groups is 1. The number of ether oxygens (including phenoxy) is 1. The highest BCUT2D eigenvalue weighted by Crippen LogP contribution is 2.05. The molecule has 0 aliphatic rings. The van der Waals surface area contributed by atoms with E-state index in [4.69, 9.17) is 9.52 Å². The van der Waals surface area contributed by atoms with Crippen LogP contribution in [0.4, 0.5) is 0 Å². The van der Waals surface area contributed by atoms with Crippen LogP contribution in [0.3, 0.4) is 0 Å². The lowest BCUT2D eigenvalue weighted by Crippen LogP contribution is -2.26. The molecule has 0 unspecified atom stereocenters. The summed E-state index contributed by atoms with van der Waals surface area (Å²) in [5.74, 6) is -0.433. The van der Waals surface area contributed by atoms with Crippen LogP contribution in [0.5, 0.6) is 5.75 Å². The Balaban J connectivity index is 2.63. The summed E-state index contributed by atoms with van der Waals surface area (Å²) in [7, 11) is 2.99. The van der Waals surface area contributed by atoms with E-state index in [9.17, 15) is 9.59 Å². The van der Waals surface area contributed by atoms with Crippen LogP contribution in [0, 0.1) is 0 Å². The summed E-state index contributed by atoms with van der Waals surface area (Å²) in [5.41, 5.74) is -0.507. The van der Waals surface area contributed by atoms with Gasteiger partial charge in [-0.3, -0.25) is 14.5 Å². The Hall–Kier alpha value is -1.82. The fourth-order valence-electron chi connectivity index (χ4n) is 1.13. The molecule has 0 saturated heterocycles. The first-order valence-corrected chi connectivity index (χ1v) is 4.59. The molecule has 6 nitrogen and oxygen atoms in total. The van der Waals surface area contributed by atoms with Crippen molar-refractivity contribution in [3.8, 4) is 5.75 Å². The summed E-state index contributed by atoms with van der Waals surface area (Å²) < 4.78 is 9.47. The Kier molecular flexibility index (Phi) is 4.07. The zero-order valence-corrected chi connectivity index (χ0v) is 9.10. The minimum atomic E-state index is -0.507. The maximum Gasteiger partial charge on any atom is 0.319 e. The van der Waals surface area contributed by atoms with Crippen molar-refractivity contribution in [1.82, 2.24) is 4.90 Å². The summed E-state index contributed by atoms with van der Waals surface area (Å²) in [6, 6.07) is 1.18. The van der Waals surface area contributed by atoms with E-state index in [-0.39, 0.29) is 19.1 Å². The second-order valence-electron chi connectivity index (χ2n) is 3.34. The number of hydrogen-bond donors (Lipinski definition) is 1. The molecular weight excluding hydrogens is 214 g/mol. The smallest absolute Gasteiger partial charge is 0.319 e. The van der Waals surface area contributed by atoms with E-state index in [0.717, 1.165) is 6.26 Å². The number of carbonyl (C=O) groups is 1. The van der Waals surface area contributed by atoms with Crippen molar-refractivity contribution < 1.29 is 19.1 Å². The van der Waals surface area contributed by atoms with Gasteiger partial charge in [0, 0.05) is 6.07 Å². The molecule has 0 spiro atoms. The third-order valence-electron chi connectivity index (χ3n) is 1.92. The quantitative estimate of drug-likeness (QED) is 0.726. The SMILES string of the molecule is COC(=O)CN(C)Cc1cc(=O)c(O)co1. The Morgan fingerprint density at radius 2 is 2.31 bits per heavy atom. The Labute approximate surface area is 92.1 Å². The summed E-state index contributed by atoms with van der Waals surface area (Å²) in [6.07, 6.45) is 0.976. The molecule has 6 heteroatoms. The minimum Gasteiger partial charge on any atom is -0.502 e. The van der Waals surface area contributed by atoms with E-state index >= 15 is 0 Å². The third-order valence-corrected chi connectivity index (χ3v) is 1.92. The normalized spacial score (nSPS) is 10.4. The average Bonchev–Trinajstić information content (AvgIpc) is 2.23. The van der Waals surface area contributed by atoms with Gasteiger partial charge in [0.2, 0.25) is 5.43 Å². The van der Waals surface area contributed by atoms with Crippen molar-refractivity contribution in [2.24, 2.45) is 0 Å². The van der Waals surface area contributed by atoms with E-state index < -0.39 is 11.2 Å². The van der Waals surface area contributed by atoms with Crippen LogP contribution in [-0.4, -0.2) is 36.7 Å². The number of likely N-dealkylation sites (N-methyl/N-ethyl adjacent to an activating group) is 1. The molecule has 0 saturated carbocycles. The predicted octanol–water partition coefficient (Wildman–Crippen LogP) is -0.0498. The molecule has 0 aromatic carbocycles. The number of carbonyl (C=O) groups excluding carboxylic acids is 1. The van der Waals surface area contributed by atoms with Gasteiger partial charge < -0.3 is 14.3 Å². The fourth-order valence-corrected chi connectivity index (χ4v) is 1.13. The molecule has 1 rings (SSSR count). The first-order chi connectivity index (χ1) is 7.52. The average molecular weight is 227 g/mol. The molecule has 1 aromatic heterocycles. The van der Waals surface area contributed by atoms with Crippen molar-refractivity contribution in [3.63, 3.8) is 0 Å². The van der Waals surface area contributed by atoms with Crippen LogP contribution in [0.2, 0.25) is 0 Å². The molecule has 16 heavy (non-hydrogen) atoms. The summed E-state index contributed by atoms with van der Waals surface area (Å²) in [6.45, 7) is 0.381. The lowest BCUT2D eigenvalue weighted by atomic mass is 10.3. The van der Waals surface area contributed by atoms with Gasteiger partial charge in [-0.1, -0.05) is 0 Å². The van der Waals surface area contributed by atoms with E-state index in [1.54, 1.807) is 11.9 Å². The zero-order chi connectivity index (χ0) is 12.1. The first kappa shape index (κ1) is 12.3. The van der Waals surface area contributed by atoms with Gasteiger partial charge >= 0.3 is 5.97 Å². The predicted molar refractivity (Wildman–Crippen MR) is 55.0 cm³/mol. The van der Waals surface area contributed by atoms with Crippen molar-refractivity contribution in [3.05, 3.63) is 28.3 Å². The van der Waals surface area contributed by atoms with Gasteiger partial charge in [0.05, 0.1) is 20.2 Å². The van der Waals surface area contributed by atoms with E-state index in [2.05, 4.69) is 4.74 Å². The van der Waals surface area contributed by atoms with Gasteiger partial charge in [0.25, 0.3) is 0 Å². The van der Waals surface area contributed by atoms with Gasteiger partial charge in [0.15, 0.2) is 5.75 Å². The fraction of sp³-hybridized carbons (Fsp3) is 0.400. The van der Waals surface area contributed by atoms with E-state index in [1.807, 2.05) is 0 Å².